The molecular weight excluding hydrogens is 269 g/mol. The number of hydrogen-bond donors (Lipinski definition) is 3. The number of amides is 1. The second kappa shape index (κ2) is 5.66. The van der Waals surface area contributed by atoms with E-state index in [2.05, 4.69) is 10.5 Å². The number of amidine groups is 1. The van der Waals surface area contributed by atoms with E-state index in [0.29, 0.717) is 4.88 Å². The molecule has 2 rings (SSSR count). The Balaban J connectivity index is 2.05. The Morgan fingerprint density at radius 1 is 1.47 bits per heavy atom. The van der Waals surface area contributed by atoms with Gasteiger partial charge in [-0.3, -0.25) is 4.79 Å². The molecule has 0 radical (unpaired) electrons. The Kier molecular flexibility index (Phi) is 3.96. The maximum Gasteiger partial charge on any atom is 0.261 e. The predicted molar refractivity (Wildman–Crippen MR) is 72.1 cm³/mol. The van der Waals surface area contributed by atoms with Crippen molar-refractivity contribution in [3.63, 3.8) is 0 Å². The molecule has 0 aliphatic carbocycles. The van der Waals surface area contributed by atoms with Crippen LogP contribution in [0.2, 0.25) is 0 Å². The third-order valence-corrected chi connectivity index (χ3v) is 3.60. The van der Waals surface area contributed by atoms with E-state index in [0.717, 1.165) is 10.1 Å². The van der Waals surface area contributed by atoms with Crippen LogP contribution in [0.15, 0.2) is 29.4 Å². The van der Waals surface area contributed by atoms with Gasteiger partial charge in [0, 0.05) is 17.7 Å². The number of carbonyl (C=O) groups is 1. The summed E-state index contributed by atoms with van der Waals surface area (Å²) in [6, 6.07) is 6.09. The van der Waals surface area contributed by atoms with Gasteiger partial charge in [0.1, 0.15) is 11.7 Å². The SMILES string of the molecule is N/C(CCNC(=O)c1cc2ccc(F)cc2s1)=N/O. The van der Waals surface area contributed by atoms with Gasteiger partial charge in [0.05, 0.1) is 4.88 Å². The smallest absolute Gasteiger partial charge is 0.261 e. The van der Waals surface area contributed by atoms with Gasteiger partial charge in [-0.25, -0.2) is 4.39 Å². The highest BCUT2D eigenvalue weighted by Crippen LogP contribution is 2.26. The van der Waals surface area contributed by atoms with Crippen molar-refractivity contribution < 1.29 is 14.4 Å². The molecule has 0 atom stereocenters. The van der Waals surface area contributed by atoms with Gasteiger partial charge in [-0.2, -0.15) is 0 Å². The molecule has 0 saturated heterocycles. The van der Waals surface area contributed by atoms with Gasteiger partial charge in [0.15, 0.2) is 0 Å². The van der Waals surface area contributed by atoms with Crippen molar-refractivity contribution in [1.82, 2.24) is 5.32 Å². The van der Waals surface area contributed by atoms with Crippen molar-refractivity contribution in [2.45, 2.75) is 6.42 Å². The quantitative estimate of drug-likeness (QED) is 0.346. The molecule has 19 heavy (non-hydrogen) atoms. The number of nitrogens with one attached hydrogen (secondary N) is 1. The summed E-state index contributed by atoms with van der Waals surface area (Å²) in [5.41, 5.74) is 5.29. The van der Waals surface area contributed by atoms with Gasteiger partial charge in [-0.05, 0) is 23.6 Å². The number of oxime groups is 1. The lowest BCUT2D eigenvalue weighted by atomic mass is 10.2. The number of thiophene rings is 1. The second-order valence-electron chi connectivity index (χ2n) is 3.89. The number of halogens is 1. The third-order valence-electron chi connectivity index (χ3n) is 2.50. The van der Waals surface area contributed by atoms with Crippen molar-refractivity contribution in [2.75, 3.05) is 6.54 Å². The second-order valence-corrected chi connectivity index (χ2v) is 4.97. The predicted octanol–water partition coefficient (Wildman–Crippen LogP) is 1.91. The summed E-state index contributed by atoms with van der Waals surface area (Å²) >= 11 is 1.22. The molecule has 0 unspecified atom stereocenters. The Morgan fingerprint density at radius 2 is 2.26 bits per heavy atom. The maximum absolute atomic E-state index is 13.0. The Morgan fingerprint density at radius 3 is 3.00 bits per heavy atom. The largest absolute Gasteiger partial charge is 0.409 e. The number of carbonyl (C=O) groups excluding carboxylic acids is 1. The van der Waals surface area contributed by atoms with Crippen LogP contribution in [0.25, 0.3) is 10.1 Å². The molecule has 0 saturated carbocycles. The third kappa shape index (κ3) is 3.19. The van der Waals surface area contributed by atoms with Crippen molar-refractivity contribution >= 4 is 33.2 Å². The van der Waals surface area contributed by atoms with Crippen molar-refractivity contribution in [1.29, 1.82) is 0 Å². The summed E-state index contributed by atoms with van der Waals surface area (Å²) in [7, 11) is 0. The van der Waals surface area contributed by atoms with Gasteiger partial charge in [0.2, 0.25) is 0 Å². The minimum absolute atomic E-state index is 0.0544. The summed E-state index contributed by atoms with van der Waals surface area (Å²) in [6.45, 7) is 0.275. The zero-order valence-corrected chi connectivity index (χ0v) is 10.7. The minimum Gasteiger partial charge on any atom is -0.409 e. The van der Waals surface area contributed by atoms with E-state index in [-0.39, 0.29) is 30.5 Å². The molecule has 0 spiro atoms. The fourth-order valence-corrected chi connectivity index (χ4v) is 2.56. The van der Waals surface area contributed by atoms with Gasteiger partial charge in [-0.15, -0.1) is 11.3 Å². The summed E-state index contributed by atoms with van der Waals surface area (Å²) < 4.78 is 13.8. The molecule has 0 fully saturated rings. The van der Waals surface area contributed by atoms with Crippen LogP contribution < -0.4 is 11.1 Å². The molecule has 1 aromatic carbocycles. The minimum atomic E-state index is -0.326. The molecule has 0 aliphatic rings. The van der Waals surface area contributed by atoms with Crippen LogP contribution in [0.1, 0.15) is 16.1 Å². The van der Waals surface area contributed by atoms with Crippen LogP contribution in [0.3, 0.4) is 0 Å². The summed E-state index contributed by atoms with van der Waals surface area (Å²) in [5.74, 6) is -0.528. The molecule has 4 N–H and O–H groups in total. The molecule has 7 heteroatoms. The van der Waals surface area contributed by atoms with E-state index in [1.54, 1.807) is 12.1 Å². The van der Waals surface area contributed by atoms with Crippen molar-refractivity contribution in [3.8, 4) is 0 Å². The number of hydrogen-bond acceptors (Lipinski definition) is 4. The van der Waals surface area contributed by atoms with E-state index in [4.69, 9.17) is 10.9 Å². The van der Waals surface area contributed by atoms with Crippen LogP contribution in [0.5, 0.6) is 0 Å². The topological polar surface area (TPSA) is 87.7 Å². The average Bonchev–Trinajstić information content (AvgIpc) is 2.81. The average molecular weight is 281 g/mol. The van der Waals surface area contributed by atoms with Gasteiger partial charge in [-0.1, -0.05) is 11.2 Å². The zero-order chi connectivity index (χ0) is 13.8. The van der Waals surface area contributed by atoms with Crippen LogP contribution in [-0.4, -0.2) is 23.5 Å². The first kappa shape index (κ1) is 13.3. The molecule has 0 aliphatic heterocycles. The first-order valence-corrected chi connectivity index (χ1v) is 6.35. The first-order chi connectivity index (χ1) is 9.10. The monoisotopic (exact) mass is 281 g/mol. The molecule has 2 aromatic rings. The fraction of sp³-hybridized carbons (Fsp3) is 0.167. The highest BCUT2D eigenvalue weighted by atomic mass is 32.1. The number of nitrogens with two attached hydrogens (primary N) is 1. The highest BCUT2D eigenvalue weighted by Gasteiger charge is 2.10. The molecule has 5 nitrogen and oxygen atoms in total. The normalized spacial score (nSPS) is 11.7. The fourth-order valence-electron chi connectivity index (χ4n) is 1.56. The lowest BCUT2D eigenvalue weighted by Gasteiger charge is -2.01. The Bertz CT molecular complexity index is 639. The van der Waals surface area contributed by atoms with Crippen molar-refractivity contribution in [3.05, 3.63) is 35.0 Å². The number of nitrogens with zero attached hydrogens (tertiary/aromatic N) is 1. The van der Waals surface area contributed by atoms with Crippen LogP contribution in [0.4, 0.5) is 4.39 Å². The van der Waals surface area contributed by atoms with Crippen LogP contribution in [-0.2, 0) is 0 Å². The summed E-state index contributed by atoms with van der Waals surface area (Å²) in [4.78, 5) is 12.3. The molecule has 1 amide bonds. The Labute approximate surface area is 112 Å². The van der Waals surface area contributed by atoms with E-state index < -0.39 is 0 Å². The summed E-state index contributed by atoms with van der Waals surface area (Å²) in [5, 5.41) is 14.6. The van der Waals surface area contributed by atoms with E-state index >= 15 is 0 Å². The number of fused-ring (bicyclic) bond motifs is 1. The molecular formula is C12H12FN3O2S. The van der Waals surface area contributed by atoms with E-state index in [1.165, 1.54) is 23.5 Å². The van der Waals surface area contributed by atoms with E-state index in [1.807, 2.05) is 0 Å². The lowest BCUT2D eigenvalue weighted by molar-refractivity contribution is 0.0959. The number of rotatable bonds is 4. The molecule has 100 valence electrons. The molecule has 1 aromatic heterocycles. The molecule has 0 bridgehead atoms. The van der Waals surface area contributed by atoms with Gasteiger partial charge in [0.25, 0.3) is 5.91 Å². The number of benzene rings is 1. The van der Waals surface area contributed by atoms with E-state index in [9.17, 15) is 9.18 Å². The Hall–Kier alpha value is -2.15. The van der Waals surface area contributed by atoms with Crippen molar-refractivity contribution in [2.24, 2.45) is 10.9 Å². The summed E-state index contributed by atoms with van der Waals surface area (Å²) in [6.07, 6.45) is 0.266. The first-order valence-electron chi connectivity index (χ1n) is 5.54. The molecule has 1 heterocycles. The van der Waals surface area contributed by atoms with Gasteiger partial charge < -0.3 is 16.3 Å². The maximum atomic E-state index is 13.0. The lowest BCUT2D eigenvalue weighted by Crippen LogP contribution is -2.27. The van der Waals surface area contributed by atoms with Crippen LogP contribution >= 0.6 is 11.3 Å². The zero-order valence-electron chi connectivity index (χ0n) is 9.89. The van der Waals surface area contributed by atoms with Gasteiger partial charge >= 0.3 is 0 Å². The van der Waals surface area contributed by atoms with Crippen LogP contribution in [0, 0.1) is 5.82 Å². The standard InChI is InChI=1S/C12H12FN3O2S/c13-8-2-1-7-5-10(19-9(7)6-8)12(17)15-4-3-11(14)16-18/h1-2,5-6,18H,3-4H2,(H2,14,16)(H,15,17). The highest BCUT2D eigenvalue weighted by molar-refractivity contribution is 7.20.